The molecule has 2 rings (SSSR count). The van der Waals surface area contributed by atoms with Gasteiger partial charge in [0.2, 0.25) is 0 Å². The Morgan fingerprint density at radius 2 is 2.12 bits per heavy atom. The van der Waals surface area contributed by atoms with Crippen LogP contribution in [0.15, 0.2) is 36.7 Å². The SMILES string of the molecule is Cc1ccncc1-c1ccc(F)c(C=O)c1. The Labute approximate surface area is 92.8 Å². The fourth-order valence-corrected chi connectivity index (χ4v) is 1.57. The Morgan fingerprint density at radius 3 is 2.81 bits per heavy atom. The third-order valence-electron chi connectivity index (χ3n) is 2.47. The Hall–Kier alpha value is -2.03. The molecule has 0 fully saturated rings. The molecule has 2 nitrogen and oxygen atoms in total. The fraction of sp³-hybridized carbons (Fsp3) is 0.0769. The van der Waals surface area contributed by atoms with Crippen molar-refractivity contribution in [1.29, 1.82) is 0 Å². The average molecular weight is 215 g/mol. The van der Waals surface area contributed by atoms with Gasteiger partial charge in [0.1, 0.15) is 5.82 Å². The number of hydrogen-bond acceptors (Lipinski definition) is 2. The van der Waals surface area contributed by atoms with Gasteiger partial charge in [-0.25, -0.2) is 4.39 Å². The summed E-state index contributed by atoms with van der Waals surface area (Å²) >= 11 is 0. The standard InChI is InChI=1S/C13H10FNO/c1-9-4-5-15-7-12(9)10-2-3-13(14)11(6-10)8-16/h2-8H,1H3. The second kappa shape index (κ2) is 4.23. The lowest BCUT2D eigenvalue weighted by Crippen LogP contribution is -1.90. The molecule has 0 bridgehead atoms. The molecule has 16 heavy (non-hydrogen) atoms. The fourth-order valence-electron chi connectivity index (χ4n) is 1.57. The summed E-state index contributed by atoms with van der Waals surface area (Å²) in [5.41, 5.74) is 2.82. The first-order valence-corrected chi connectivity index (χ1v) is 4.88. The third-order valence-corrected chi connectivity index (χ3v) is 2.47. The topological polar surface area (TPSA) is 30.0 Å². The maximum Gasteiger partial charge on any atom is 0.153 e. The first-order chi connectivity index (χ1) is 7.72. The van der Waals surface area contributed by atoms with E-state index in [1.807, 2.05) is 13.0 Å². The van der Waals surface area contributed by atoms with Gasteiger partial charge in [-0.2, -0.15) is 0 Å². The molecule has 2 aromatic rings. The lowest BCUT2D eigenvalue weighted by molar-refractivity contribution is 0.112. The van der Waals surface area contributed by atoms with Crippen molar-refractivity contribution >= 4 is 6.29 Å². The molecular weight excluding hydrogens is 205 g/mol. The maximum atomic E-state index is 13.1. The first kappa shape index (κ1) is 10.5. The van der Waals surface area contributed by atoms with Crippen molar-refractivity contribution in [1.82, 2.24) is 4.98 Å². The predicted molar refractivity (Wildman–Crippen MR) is 59.8 cm³/mol. The normalized spacial score (nSPS) is 10.1. The van der Waals surface area contributed by atoms with E-state index in [-0.39, 0.29) is 5.56 Å². The van der Waals surface area contributed by atoms with Crippen molar-refractivity contribution in [2.24, 2.45) is 0 Å². The van der Waals surface area contributed by atoms with Gasteiger partial charge in [-0.15, -0.1) is 0 Å². The van der Waals surface area contributed by atoms with E-state index >= 15 is 0 Å². The lowest BCUT2D eigenvalue weighted by Gasteiger charge is -2.05. The smallest absolute Gasteiger partial charge is 0.153 e. The Kier molecular flexibility index (Phi) is 2.77. The van der Waals surface area contributed by atoms with Crippen LogP contribution < -0.4 is 0 Å². The monoisotopic (exact) mass is 215 g/mol. The number of carbonyl (C=O) groups excluding carboxylic acids is 1. The van der Waals surface area contributed by atoms with Crippen LogP contribution in [0.25, 0.3) is 11.1 Å². The van der Waals surface area contributed by atoms with Crippen LogP contribution in [0.1, 0.15) is 15.9 Å². The van der Waals surface area contributed by atoms with E-state index in [0.29, 0.717) is 6.29 Å². The second-order valence-electron chi connectivity index (χ2n) is 3.54. The van der Waals surface area contributed by atoms with Crippen molar-refractivity contribution in [3.8, 4) is 11.1 Å². The number of carbonyl (C=O) groups is 1. The van der Waals surface area contributed by atoms with Crippen LogP contribution >= 0.6 is 0 Å². The van der Waals surface area contributed by atoms with Crippen molar-refractivity contribution in [2.45, 2.75) is 6.92 Å². The molecule has 0 amide bonds. The van der Waals surface area contributed by atoms with Gasteiger partial charge in [0, 0.05) is 18.0 Å². The number of halogens is 1. The van der Waals surface area contributed by atoms with Crippen LogP contribution in [0, 0.1) is 12.7 Å². The molecule has 0 N–H and O–H groups in total. The van der Waals surface area contributed by atoms with Gasteiger partial charge in [0.05, 0.1) is 5.56 Å². The second-order valence-corrected chi connectivity index (χ2v) is 3.54. The molecule has 0 aliphatic carbocycles. The first-order valence-electron chi connectivity index (χ1n) is 4.88. The molecule has 1 heterocycles. The molecule has 1 aromatic carbocycles. The summed E-state index contributed by atoms with van der Waals surface area (Å²) in [6.45, 7) is 1.95. The van der Waals surface area contributed by atoms with Crippen molar-refractivity contribution in [2.75, 3.05) is 0 Å². The van der Waals surface area contributed by atoms with E-state index in [9.17, 15) is 9.18 Å². The van der Waals surface area contributed by atoms with Crippen molar-refractivity contribution in [3.63, 3.8) is 0 Å². The van der Waals surface area contributed by atoms with Crippen LogP contribution in [-0.4, -0.2) is 11.3 Å². The number of aryl methyl sites for hydroxylation is 1. The summed E-state index contributed by atoms with van der Waals surface area (Å²) in [7, 11) is 0. The zero-order valence-corrected chi connectivity index (χ0v) is 8.77. The number of nitrogens with zero attached hydrogens (tertiary/aromatic N) is 1. The minimum Gasteiger partial charge on any atom is -0.298 e. The van der Waals surface area contributed by atoms with Gasteiger partial charge >= 0.3 is 0 Å². The molecule has 0 atom stereocenters. The largest absolute Gasteiger partial charge is 0.298 e. The van der Waals surface area contributed by atoms with E-state index in [1.54, 1.807) is 18.5 Å². The van der Waals surface area contributed by atoms with E-state index in [0.717, 1.165) is 16.7 Å². The Bertz CT molecular complexity index is 537. The number of hydrogen-bond donors (Lipinski definition) is 0. The summed E-state index contributed by atoms with van der Waals surface area (Å²) in [5, 5.41) is 0. The van der Waals surface area contributed by atoms with E-state index < -0.39 is 5.82 Å². The van der Waals surface area contributed by atoms with Gasteiger partial charge < -0.3 is 0 Å². The van der Waals surface area contributed by atoms with Crippen LogP contribution in [0.2, 0.25) is 0 Å². The number of aldehydes is 1. The van der Waals surface area contributed by atoms with E-state index in [2.05, 4.69) is 4.98 Å². The highest BCUT2D eigenvalue weighted by atomic mass is 19.1. The predicted octanol–water partition coefficient (Wildman–Crippen LogP) is 3.01. The summed E-state index contributed by atoms with van der Waals surface area (Å²) < 4.78 is 13.1. The molecule has 0 spiro atoms. The van der Waals surface area contributed by atoms with E-state index in [4.69, 9.17) is 0 Å². The van der Waals surface area contributed by atoms with Crippen LogP contribution in [-0.2, 0) is 0 Å². The third kappa shape index (κ3) is 1.84. The number of rotatable bonds is 2. The summed E-state index contributed by atoms with van der Waals surface area (Å²) in [6, 6.07) is 6.35. The molecule has 0 aliphatic heterocycles. The highest BCUT2D eigenvalue weighted by Crippen LogP contribution is 2.23. The number of aromatic nitrogens is 1. The molecule has 0 aliphatic rings. The molecule has 3 heteroatoms. The zero-order valence-electron chi connectivity index (χ0n) is 8.77. The van der Waals surface area contributed by atoms with Gasteiger partial charge in [-0.1, -0.05) is 6.07 Å². The minimum absolute atomic E-state index is 0.0701. The summed E-state index contributed by atoms with van der Waals surface area (Å²) in [4.78, 5) is 14.7. The molecule has 0 radical (unpaired) electrons. The van der Waals surface area contributed by atoms with Crippen LogP contribution in [0.3, 0.4) is 0 Å². The number of pyridine rings is 1. The molecule has 0 saturated heterocycles. The molecule has 0 unspecified atom stereocenters. The molecule has 1 aromatic heterocycles. The van der Waals surface area contributed by atoms with Gasteiger partial charge in [0.15, 0.2) is 6.29 Å². The molecule has 80 valence electrons. The van der Waals surface area contributed by atoms with Crippen LogP contribution in [0.4, 0.5) is 4.39 Å². The zero-order chi connectivity index (χ0) is 11.5. The highest BCUT2D eigenvalue weighted by Gasteiger charge is 2.06. The van der Waals surface area contributed by atoms with Crippen LogP contribution in [0.5, 0.6) is 0 Å². The van der Waals surface area contributed by atoms with Crippen molar-refractivity contribution in [3.05, 3.63) is 53.6 Å². The number of benzene rings is 1. The molecule has 0 saturated carbocycles. The molecular formula is C13H10FNO. The average Bonchev–Trinajstić information content (AvgIpc) is 2.31. The lowest BCUT2D eigenvalue weighted by atomic mass is 10.0. The van der Waals surface area contributed by atoms with Crippen molar-refractivity contribution < 1.29 is 9.18 Å². The van der Waals surface area contributed by atoms with Gasteiger partial charge in [-0.05, 0) is 36.2 Å². The summed E-state index contributed by atoms with van der Waals surface area (Å²) in [5.74, 6) is -0.500. The van der Waals surface area contributed by atoms with Gasteiger partial charge in [-0.3, -0.25) is 9.78 Å². The Morgan fingerprint density at radius 1 is 1.31 bits per heavy atom. The van der Waals surface area contributed by atoms with E-state index in [1.165, 1.54) is 12.1 Å². The maximum absolute atomic E-state index is 13.1. The van der Waals surface area contributed by atoms with Gasteiger partial charge in [0.25, 0.3) is 0 Å². The Balaban J connectivity index is 2.57. The summed E-state index contributed by atoms with van der Waals surface area (Å²) in [6.07, 6.45) is 3.92. The quantitative estimate of drug-likeness (QED) is 0.721. The highest BCUT2D eigenvalue weighted by molar-refractivity contribution is 5.79. The minimum atomic E-state index is -0.500.